The summed E-state index contributed by atoms with van der Waals surface area (Å²) in [7, 11) is 0. The largest absolute Gasteiger partial charge is 0.390 e. The molecule has 0 radical (unpaired) electrons. The normalized spacial score (nSPS) is 25.0. The summed E-state index contributed by atoms with van der Waals surface area (Å²) >= 11 is 0. The molecular formula is C13H25NO2. The van der Waals surface area contributed by atoms with E-state index in [1.165, 1.54) is 0 Å². The van der Waals surface area contributed by atoms with Crippen LogP contribution in [-0.4, -0.2) is 41.5 Å². The third kappa shape index (κ3) is 3.87. The molecule has 1 unspecified atom stereocenters. The Balaban J connectivity index is 2.45. The zero-order valence-corrected chi connectivity index (χ0v) is 10.8. The van der Waals surface area contributed by atoms with Gasteiger partial charge in [-0.25, -0.2) is 0 Å². The maximum Gasteiger partial charge on any atom is 0.127 e. The second-order valence-electron chi connectivity index (χ2n) is 5.79. The predicted octanol–water partition coefficient (Wildman–Crippen LogP) is 1.84. The van der Waals surface area contributed by atoms with Crippen molar-refractivity contribution in [2.75, 3.05) is 19.6 Å². The molecule has 1 rings (SSSR count). The van der Waals surface area contributed by atoms with E-state index >= 15 is 0 Å². The van der Waals surface area contributed by atoms with Gasteiger partial charge in [-0.15, -0.1) is 0 Å². The summed E-state index contributed by atoms with van der Waals surface area (Å²) in [6.45, 7) is 8.69. The monoisotopic (exact) mass is 227 g/mol. The minimum absolute atomic E-state index is 0.210. The molecule has 94 valence electrons. The highest BCUT2D eigenvalue weighted by atomic mass is 16.3. The van der Waals surface area contributed by atoms with Gasteiger partial charge in [-0.3, -0.25) is 0 Å². The maximum atomic E-state index is 11.1. The molecule has 0 amide bonds. The van der Waals surface area contributed by atoms with Crippen molar-refractivity contribution in [2.45, 2.75) is 52.1 Å². The first kappa shape index (κ1) is 13.7. The second kappa shape index (κ2) is 5.28. The SMILES string of the molecule is CCCC(C)(C=O)CN1CCC(C)(O)CC1. The fraction of sp³-hybridized carbons (Fsp3) is 0.923. The molecule has 0 saturated carbocycles. The molecule has 1 saturated heterocycles. The van der Waals surface area contributed by atoms with Crippen LogP contribution in [0.4, 0.5) is 0 Å². The van der Waals surface area contributed by atoms with Crippen LogP contribution in [0.25, 0.3) is 0 Å². The molecule has 3 nitrogen and oxygen atoms in total. The molecule has 0 aromatic heterocycles. The summed E-state index contributed by atoms with van der Waals surface area (Å²) in [6, 6.07) is 0. The number of hydrogen-bond acceptors (Lipinski definition) is 3. The van der Waals surface area contributed by atoms with E-state index in [4.69, 9.17) is 0 Å². The zero-order chi connectivity index (χ0) is 12.2. The molecular weight excluding hydrogens is 202 g/mol. The maximum absolute atomic E-state index is 11.1. The summed E-state index contributed by atoms with van der Waals surface area (Å²) in [5.74, 6) is 0. The summed E-state index contributed by atoms with van der Waals surface area (Å²) in [4.78, 5) is 13.4. The number of hydrogen-bond donors (Lipinski definition) is 1. The number of nitrogens with zero attached hydrogens (tertiary/aromatic N) is 1. The van der Waals surface area contributed by atoms with Gasteiger partial charge in [0.1, 0.15) is 6.29 Å². The van der Waals surface area contributed by atoms with Crippen molar-refractivity contribution >= 4 is 6.29 Å². The summed E-state index contributed by atoms with van der Waals surface area (Å²) < 4.78 is 0. The van der Waals surface area contributed by atoms with E-state index < -0.39 is 5.60 Å². The molecule has 1 aliphatic heterocycles. The molecule has 3 heteroatoms. The summed E-state index contributed by atoms with van der Waals surface area (Å²) in [5, 5.41) is 9.85. The van der Waals surface area contributed by atoms with Gasteiger partial charge in [0.25, 0.3) is 0 Å². The lowest BCUT2D eigenvalue weighted by Crippen LogP contribution is -2.46. The van der Waals surface area contributed by atoms with Gasteiger partial charge in [-0.05, 0) is 26.2 Å². The number of rotatable bonds is 5. The number of aliphatic hydroxyl groups is 1. The lowest BCUT2D eigenvalue weighted by Gasteiger charge is -2.39. The molecule has 0 bridgehead atoms. The number of carbonyl (C=O) groups excluding carboxylic acids is 1. The molecule has 0 spiro atoms. The molecule has 0 aliphatic carbocycles. The van der Waals surface area contributed by atoms with E-state index in [-0.39, 0.29) is 5.41 Å². The van der Waals surface area contributed by atoms with Crippen molar-refractivity contribution in [1.29, 1.82) is 0 Å². The molecule has 1 N–H and O–H groups in total. The quantitative estimate of drug-likeness (QED) is 0.729. The van der Waals surface area contributed by atoms with E-state index in [0.717, 1.165) is 51.6 Å². The lowest BCUT2D eigenvalue weighted by molar-refractivity contribution is -0.117. The minimum atomic E-state index is -0.501. The molecule has 0 aromatic carbocycles. The van der Waals surface area contributed by atoms with Crippen molar-refractivity contribution in [1.82, 2.24) is 4.90 Å². The van der Waals surface area contributed by atoms with Gasteiger partial charge in [0.15, 0.2) is 0 Å². The number of likely N-dealkylation sites (tertiary alicyclic amines) is 1. The Hall–Kier alpha value is -0.410. The van der Waals surface area contributed by atoms with Crippen LogP contribution in [0.1, 0.15) is 46.5 Å². The average molecular weight is 227 g/mol. The van der Waals surface area contributed by atoms with Crippen LogP contribution >= 0.6 is 0 Å². The van der Waals surface area contributed by atoms with E-state index in [1.54, 1.807) is 0 Å². The first-order valence-corrected chi connectivity index (χ1v) is 6.32. The average Bonchev–Trinajstić information content (AvgIpc) is 2.22. The number of carbonyl (C=O) groups is 1. The van der Waals surface area contributed by atoms with E-state index in [9.17, 15) is 9.90 Å². The van der Waals surface area contributed by atoms with Gasteiger partial charge in [0, 0.05) is 25.0 Å². The van der Waals surface area contributed by atoms with Gasteiger partial charge in [-0.1, -0.05) is 20.3 Å². The highest BCUT2D eigenvalue weighted by molar-refractivity contribution is 5.59. The molecule has 1 fully saturated rings. The van der Waals surface area contributed by atoms with Crippen LogP contribution in [0, 0.1) is 5.41 Å². The molecule has 1 aliphatic rings. The number of piperidine rings is 1. The first-order valence-electron chi connectivity index (χ1n) is 6.32. The van der Waals surface area contributed by atoms with Crippen molar-refractivity contribution in [3.05, 3.63) is 0 Å². The Morgan fingerprint density at radius 1 is 1.44 bits per heavy atom. The first-order chi connectivity index (χ1) is 7.41. The van der Waals surface area contributed by atoms with Crippen molar-refractivity contribution < 1.29 is 9.90 Å². The van der Waals surface area contributed by atoms with Crippen LogP contribution in [0.15, 0.2) is 0 Å². The van der Waals surface area contributed by atoms with E-state index in [0.29, 0.717) is 0 Å². The van der Waals surface area contributed by atoms with E-state index in [2.05, 4.69) is 11.8 Å². The Bertz CT molecular complexity index is 230. The Morgan fingerprint density at radius 2 is 2.00 bits per heavy atom. The molecule has 16 heavy (non-hydrogen) atoms. The van der Waals surface area contributed by atoms with Crippen LogP contribution in [-0.2, 0) is 4.79 Å². The lowest BCUT2D eigenvalue weighted by atomic mass is 9.85. The minimum Gasteiger partial charge on any atom is -0.390 e. The molecule has 1 heterocycles. The topological polar surface area (TPSA) is 40.5 Å². The standard InChI is InChI=1S/C13H25NO2/c1-4-5-12(2,11-15)10-14-8-6-13(3,16)7-9-14/h11,16H,4-10H2,1-3H3. The highest BCUT2D eigenvalue weighted by Crippen LogP contribution is 2.26. The van der Waals surface area contributed by atoms with E-state index in [1.807, 2.05) is 13.8 Å². The fourth-order valence-electron chi connectivity index (χ4n) is 2.45. The molecule has 0 aromatic rings. The predicted molar refractivity (Wildman–Crippen MR) is 65.4 cm³/mol. The Labute approximate surface area is 98.8 Å². The Morgan fingerprint density at radius 3 is 2.44 bits per heavy atom. The second-order valence-corrected chi connectivity index (χ2v) is 5.79. The smallest absolute Gasteiger partial charge is 0.127 e. The third-order valence-corrected chi connectivity index (χ3v) is 3.62. The van der Waals surface area contributed by atoms with Crippen molar-refractivity contribution in [3.8, 4) is 0 Å². The molecule has 1 atom stereocenters. The van der Waals surface area contributed by atoms with Gasteiger partial charge in [0.05, 0.1) is 5.60 Å². The van der Waals surface area contributed by atoms with Gasteiger partial charge < -0.3 is 14.8 Å². The van der Waals surface area contributed by atoms with Crippen LogP contribution in [0.5, 0.6) is 0 Å². The number of aldehydes is 1. The van der Waals surface area contributed by atoms with Crippen LogP contribution in [0.3, 0.4) is 0 Å². The summed E-state index contributed by atoms with van der Waals surface area (Å²) in [6.07, 6.45) is 4.72. The van der Waals surface area contributed by atoms with Crippen molar-refractivity contribution in [2.24, 2.45) is 5.41 Å². The van der Waals surface area contributed by atoms with Gasteiger partial charge in [0.2, 0.25) is 0 Å². The fourth-order valence-corrected chi connectivity index (χ4v) is 2.45. The zero-order valence-electron chi connectivity index (χ0n) is 10.8. The highest BCUT2D eigenvalue weighted by Gasteiger charge is 2.31. The van der Waals surface area contributed by atoms with Crippen molar-refractivity contribution in [3.63, 3.8) is 0 Å². The Kier molecular flexibility index (Phi) is 4.51. The third-order valence-electron chi connectivity index (χ3n) is 3.62. The van der Waals surface area contributed by atoms with Gasteiger partial charge >= 0.3 is 0 Å². The van der Waals surface area contributed by atoms with Crippen LogP contribution in [0.2, 0.25) is 0 Å². The summed E-state index contributed by atoms with van der Waals surface area (Å²) in [5.41, 5.74) is -0.712. The van der Waals surface area contributed by atoms with Gasteiger partial charge in [-0.2, -0.15) is 0 Å². The van der Waals surface area contributed by atoms with Crippen LogP contribution < -0.4 is 0 Å².